The van der Waals surface area contributed by atoms with Crippen molar-refractivity contribution in [1.29, 1.82) is 0 Å². The van der Waals surface area contributed by atoms with Crippen LogP contribution in [0.5, 0.6) is 5.75 Å². The minimum atomic E-state index is 0. The molecule has 6 heteroatoms. The van der Waals surface area contributed by atoms with Crippen molar-refractivity contribution in [2.75, 3.05) is 31.6 Å². The van der Waals surface area contributed by atoms with E-state index < -0.39 is 0 Å². The van der Waals surface area contributed by atoms with E-state index in [0.717, 1.165) is 24.4 Å². The number of hydrogen-bond acceptors (Lipinski definition) is 4. The Morgan fingerprint density at radius 3 is 2.64 bits per heavy atom. The number of amides is 1. The fraction of sp³-hybridized carbons (Fsp3) is 0.562. The number of hydrogen-bond donors (Lipinski definition) is 2. The molecule has 1 aromatic rings. The number of halogens is 1. The molecule has 0 aliphatic carbocycles. The molecule has 1 aliphatic heterocycles. The van der Waals surface area contributed by atoms with Crippen molar-refractivity contribution in [3.8, 4) is 5.75 Å². The zero-order valence-electron chi connectivity index (χ0n) is 13.2. The molecule has 0 bridgehead atoms. The second-order valence-corrected chi connectivity index (χ2v) is 5.62. The van der Waals surface area contributed by atoms with Crippen LogP contribution in [-0.2, 0) is 4.79 Å². The Morgan fingerprint density at radius 1 is 1.41 bits per heavy atom. The highest BCUT2D eigenvalue weighted by molar-refractivity contribution is 5.92. The van der Waals surface area contributed by atoms with Gasteiger partial charge in [0.2, 0.25) is 5.91 Å². The molecule has 1 amide bonds. The van der Waals surface area contributed by atoms with Gasteiger partial charge in [0.1, 0.15) is 5.75 Å². The van der Waals surface area contributed by atoms with Crippen molar-refractivity contribution in [2.45, 2.75) is 26.3 Å². The highest BCUT2D eigenvalue weighted by atomic mass is 35.5. The maximum Gasteiger partial charge on any atom is 0.238 e. The maximum atomic E-state index is 12.1. The molecule has 2 atom stereocenters. The summed E-state index contributed by atoms with van der Waals surface area (Å²) in [6.45, 7) is 6.77. The first-order chi connectivity index (χ1) is 10.1. The van der Waals surface area contributed by atoms with Crippen LogP contribution >= 0.6 is 12.4 Å². The van der Waals surface area contributed by atoms with E-state index in [9.17, 15) is 4.79 Å². The lowest BCUT2D eigenvalue weighted by atomic mass is 10.1. The predicted octanol–water partition coefficient (Wildman–Crippen LogP) is 2.11. The van der Waals surface area contributed by atoms with E-state index in [0.29, 0.717) is 31.7 Å². The van der Waals surface area contributed by atoms with Crippen LogP contribution in [0.25, 0.3) is 0 Å². The lowest BCUT2D eigenvalue weighted by Gasteiger charge is -2.20. The molecule has 124 valence electrons. The normalized spacial score (nSPS) is 21.2. The number of carbonyl (C=O) groups is 1. The molecule has 1 fully saturated rings. The summed E-state index contributed by atoms with van der Waals surface area (Å²) in [6, 6.07) is 7.87. The minimum Gasteiger partial charge on any atom is -0.494 e. The largest absolute Gasteiger partial charge is 0.494 e. The van der Waals surface area contributed by atoms with Crippen LogP contribution in [0.4, 0.5) is 5.69 Å². The van der Waals surface area contributed by atoms with Crippen molar-refractivity contribution < 1.29 is 9.53 Å². The van der Waals surface area contributed by atoms with E-state index in [2.05, 4.69) is 17.1 Å². The lowest BCUT2D eigenvalue weighted by Crippen LogP contribution is -2.35. The fourth-order valence-electron chi connectivity index (χ4n) is 2.79. The second kappa shape index (κ2) is 8.98. The topological polar surface area (TPSA) is 67.6 Å². The molecule has 2 unspecified atom stereocenters. The van der Waals surface area contributed by atoms with Crippen molar-refractivity contribution >= 4 is 24.0 Å². The van der Waals surface area contributed by atoms with Crippen molar-refractivity contribution in [1.82, 2.24) is 4.90 Å². The number of nitrogens with two attached hydrogens (primary N) is 1. The average Bonchev–Trinajstić information content (AvgIpc) is 2.82. The molecular formula is C16H26ClN3O2. The summed E-state index contributed by atoms with van der Waals surface area (Å²) in [4.78, 5) is 14.3. The molecule has 1 heterocycles. The monoisotopic (exact) mass is 327 g/mol. The number of carbonyl (C=O) groups excluding carboxylic acids is 1. The van der Waals surface area contributed by atoms with Gasteiger partial charge in [-0.2, -0.15) is 0 Å². The van der Waals surface area contributed by atoms with Gasteiger partial charge in [-0.3, -0.25) is 9.69 Å². The molecule has 0 spiro atoms. The second-order valence-electron chi connectivity index (χ2n) is 5.62. The quantitative estimate of drug-likeness (QED) is 0.839. The summed E-state index contributed by atoms with van der Waals surface area (Å²) in [5, 5.41) is 2.92. The Balaban J connectivity index is 0.00000242. The molecule has 5 nitrogen and oxygen atoms in total. The van der Waals surface area contributed by atoms with Crippen LogP contribution in [0.1, 0.15) is 20.3 Å². The van der Waals surface area contributed by atoms with Gasteiger partial charge in [-0.15, -0.1) is 12.4 Å². The van der Waals surface area contributed by atoms with Gasteiger partial charge in [-0.1, -0.05) is 0 Å². The summed E-state index contributed by atoms with van der Waals surface area (Å²) in [7, 11) is 0. The fourth-order valence-corrected chi connectivity index (χ4v) is 2.79. The van der Waals surface area contributed by atoms with Crippen LogP contribution in [0.3, 0.4) is 0 Å². The SMILES string of the molecule is CCOc1ccc(NC(=O)CN2CC(CN)CC2C)cc1.Cl. The lowest BCUT2D eigenvalue weighted by molar-refractivity contribution is -0.117. The molecule has 2 rings (SSSR count). The molecule has 0 saturated carbocycles. The third kappa shape index (κ3) is 5.16. The standard InChI is InChI=1S/C16H25N3O2.ClH/c1-3-21-15-6-4-14(5-7-15)18-16(20)11-19-10-13(9-17)8-12(19)2;/h4-7,12-13H,3,8-11,17H2,1-2H3,(H,18,20);1H. The Kier molecular flexibility index (Phi) is 7.65. The van der Waals surface area contributed by atoms with Gasteiger partial charge in [0, 0.05) is 18.3 Å². The number of anilines is 1. The van der Waals surface area contributed by atoms with Crippen LogP contribution < -0.4 is 15.8 Å². The van der Waals surface area contributed by atoms with E-state index in [-0.39, 0.29) is 18.3 Å². The first-order valence-corrected chi connectivity index (χ1v) is 7.59. The number of ether oxygens (including phenoxy) is 1. The molecule has 0 radical (unpaired) electrons. The maximum absolute atomic E-state index is 12.1. The van der Waals surface area contributed by atoms with Crippen LogP contribution in [-0.4, -0.2) is 43.1 Å². The van der Waals surface area contributed by atoms with Gasteiger partial charge < -0.3 is 15.8 Å². The molecule has 22 heavy (non-hydrogen) atoms. The van der Waals surface area contributed by atoms with Gasteiger partial charge in [0.05, 0.1) is 13.2 Å². The van der Waals surface area contributed by atoms with Crippen molar-refractivity contribution in [3.63, 3.8) is 0 Å². The Morgan fingerprint density at radius 2 is 2.09 bits per heavy atom. The van der Waals surface area contributed by atoms with Gasteiger partial charge in [0.15, 0.2) is 0 Å². The zero-order chi connectivity index (χ0) is 15.2. The van der Waals surface area contributed by atoms with Crippen LogP contribution in [0.2, 0.25) is 0 Å². The number of benzene rings is 1. The zero-order valence-corrected chi connectivity index (χ0v) is 14.1. The first-order valence-electron chi connectivity index (χ1n) is 7.59. The summed E-state index contributed by atoms with van der Waals surface area (Å²) in [5.74, 6) is 1.34. The first kappa shape index (κ1) is 18.7. The smallest absolute Gasteiger partial charge is 0.238 e. The predicted molar refractivity (Wildman–Crippen MR) is 91.7 cm³/mol. The number of nitrogens with one attached hydrogen (secondary N) is 1. The Labute approximate surface area is 138 Å². The van der Waals surface area contributed by atoms with E-state index in [1.807, 2.05) is 31.2 Å². The van der Waals surface area contributed by atoms with Gasteiger partial charge in [-0.25, -0.2) is 0 Å². The van der Waals surface area contributed by atoms with E-state index >= 15 is 0 Å². The molecule has 1 saturated heterocycles. The molecule has 1 aliphatic rings. The van der Waals surface area contributed by atoms with Gasteiger partial charge in [0.25, 0.3) is 0 Å². The highest BCUT2D eigenvalue weighted by Gasteiger charge is 2.29. The summed E-state index contributed by atoms with van der Waals surface area (Å²) in [6.07, 6.45) is 1.08. The van der Waals surface area contributed by atoms with Crippen molar-refractivity contribution in [2.24, 2.45) is 11.7 Å². The van der Waals surface area contributed by atoms with E-state index in [1.165, 1.54) is 0 Å². The Hall–Kier alpha value is -1.30. The summed E-state index contributed by atoms with van der Waals surface area (Å²) < 4.78 is 5.38. The highest BCUT2D eigenvalue weighted by Crippen LogP contribution is 2.22. The number of likely N-dealkylation sites (tertiary alicyclic amines) is 1. The molecule has 1 aromatic carbocycles. The Bertz CT molecular complexity index is 467. The summed E-state index contributed by atoms with van der Waals surface area (Å²) >= 11 is 0. The van der Waals surface area contributed by atoms with E-state index in [4.69, 9.17) is 10.5 Å². The third-order valence-electron chi connectivity index (χ3n) is 3.92. The van der Waals surface area contributed by atoms with Gasteiger partial charge >= 0.3 is 0 Å². The van der Waals surface area contributed by atoms with Crippen LogP contribution in [0.15, 0.2) is 24.3 Å². The summed E-state index contributed by atoms with van der Waals surface area (Å²) in [5.41, 5.74) is 6.51. The van der Waals surface area contributed by atoms with E-state index in [1.54, 1.807) is 0 Å². The molecular weight excluding hydrogens is 302 g/mol. The minimum absolute atomic E-state index is 0. The van der Waals surface area contributed by atoms with Gasteiger partial charge in [-0.05, 0) is 57.0 Å². The molecule has 3 N–H and O–H groups in total. The van der Waals surface area contributed by atoms with Crippen molar-refractivity contribution in [3.05, 3.63) is 24.3 Å². The number of rotatable bonds is 6. The van der Waals surface area contributed by atoms with Crippen LogP contribution in [0, 0.1) is 5.92 Å². The average molecular weight is 328 g/mol. The number of nitrogens with zero attached hydrogens (tertiary/aromatic N) is 1. The third-order valence-corrected chi connectivity index (χ3v) is 3.92. The molecule has 0 aromatic heterocycles.